The van der Waals surface area contributed by atoms with Crippen molar-refractivity contribution in [2.45, 2.75) is 14.7 Å². The Morgan fingerprint density at radius 2 is 2.06 bits per heavy atom. The second-order valence-electron chi connectivity index (χ2n) is 3.39. The molecule has 0 bridgehead atoms. The number of sulfone groups is 1. The summed E-state index contributed by atoms with van der Waals surface area (Å²) in [4.78, 5) is 0. The largest absolute Gasteiger partial charge is 0.385 e. The maximum Gasteiger partial charge on any atom is 0.207 e. The van der Waals surface area contributed by atoms with E-state index in [2.05, 4.69) is 15.9 Å². The third-order valence-electron chi connectivity index (χ3n) is 2.31. The van der Waals surface area contributed by atoms with Gasteiger partial charge in [-0.15, -0.1) is 0 Å². The molecule has 0 aliphatic carbocycles. The van der Waals surface area contributed by atoms with Crippen molar-refractivity contribution in [2.24, 2.45) is 0 Å². The summed E-state index contributed by atoms with van der Waals surface area (Å²) in [5, 5.41) is 10.0. The van der Waals surface area contributed by atoms with Gasteiger partial charge in [0, 0.05) is 11.3 Å². The van der Waals surface area contributed by atoms with Crippen molar-refractivity contribution in [3.8, 4) is 0 Å². The van der Waals surface area contributed by atoms with Gasteiger partial charge in [-0.3, -0.25) is 0 Å². The molecule has 3 nitrogen and oxygen atoms in total. The van der Waals surface area contributed by atoms with Crippen LogP contribution in [0.1, 0.15) is 18.6 Å². The predicted molar refractivity (Wildman–Crippen MR) is 76.5 cm³/mol. The van der Waals surface area contributed by atoms with E-state index in [0.29, 0.717) is 0 Å². The van der Waals surface area contributed by atoms with Crippen molar-refractivity contribution < 1.29 is 17.9 Å². The lowest BCUT2D eigenvalue weighted by Crippen LogP contribution is -2.34. The van der Waals surface area contributed by atoms with Crippen LogP contribution in [0.15, 0.2) is 24.3 Å². The molecular weight excluding hydrogens is 426 g/mol. The smallest absolute Gasteiger partial charge is 0.207 e. The van der Waals surface area contributed by atoms with Crippen LogP contribution in [0.5, 0.6) is 0 Å². The number of hydrogen-bond acceptors (Lipinski definition) is 3. The van der Waals surface area contributed by atoms with E-state index in [0.717, 1.165) is 0 Å². The molecule has 2 atom stereocenters. The Bertz CT molecular complexity index is 504. The van der Waals surface area contributed by atoms with E-state index >= 15 is 0 Å². The van der Waals surface area contributed by atoms with Crippen molar-refractivity contribution in [2.75, 3.05) is 5.75 Å². The van der Waals surface area contributed by atoms with Gasteiger partial charge in [0.15, 0.2) is 9.84 Å². The first kappa shape index (κ1) is 15.3. The molecule has 0 unspecified atom stereocenters. The van der Waals surface area contributed by atoms with Gasteiger partial charge in [0.25, 0.3) is 0 Å². The summed E-state index contributed by atoms with van der Waals surface area (Å²) < 4.78 is 35.5. The minimum atomic E-state index is -3.58. The summed E-state index contributed by atoms with van der Waals surface area (Å²) >= 11 is 4.56. The van der Waals surface area contributed by atoms with Crippen LogP contribution in [0.3, 0.4) is 0 Å². The average Bonchev–Trinajstić information content (AvgIpc) is 2.28. The number of rotatable bonds is 4. The Kier molecular flexibility index (Phi) is 4.96. The number of hydrogen-bond donors (Lipinski definition) is 1. The van der Waals surface area contributed by atoms with E-state index in [9.17, 15) is 17.9 Å². The maximum atomic E-state index is 13.5. The van der Waals surface area contributed by atoms with Crippen LogP contribution in [0.2, 0.25) is 0 Å². The molecule has 1 aromatic carbocycles. The predicted octanol–water partition coefficient (Wildman–Crippen LogP) is 2.78. The second-order valence-corrected chi connectivity index (χ2v) is 11.5. The van der Waals surface area contributed by atoms with Gasteiger partial charge in [0.05, 0.1) is 0 Å². The molecule has 0 saturated carbocycles. The molecule has 1 N–H and O–H groups in total. The van der Waals surface area contributed by atoms with Gasteiger partial charge in [0.1, 0.15) is 11.9 Å². The van der Waals surface area contributed by atoms with Crippen LogP contribution in [-0.2, 0) is 9.84 Å². The van der Waals surface area contributed by atoms with Crippen molar-refractivity contribution in [1.29, 1.82) is 0 Å². The molecule has 0 aliphatic rings. The van der Waals surface area contributed by atoms with E-state index in [1.165, 1.54) is 25.1 Å². The molecule has 0 aliphatic heterocycles. The van der Waals surface area contributed by atoms with Gasteiger partial charge in [-0.25, -0.2) is 12.8 Å². The minimum Gasteiger partial charge on any atom is -0.385 e. The van der Waals surface area contributed by atoms with Crippen LogP contribution in [0.4, 0.5) is 4.39 Å². The SMILES string of the molecule is CCS(=O)(=O)[C@](Br)(I)[C@@H](O)c1ccccc1F. The van der Waals surface area contributed by atoms with Crippen molar-refractivity contribution >= 4 is 48.4 Å². The Hall–Kier alpha value is 0.270. The van der Waals surface area contributed by atoms with Gasteiger partial charge in [-0.05, 0) is 28.7 Å². The summed E-state index contributed by atoms with van der Waals surface area (Å²) in [5.74, 6) is -0.779. The quantitative estimate of drug-likeness (QED) is 0.583. The topological polar surface area (TPSA) is 54.4 Å². The fraction of sp³-hybridized carbons (Fsp3) is 0.400. The lowest BCUT2D eigenvalue weighted by atomic mass is 10.1. The Morgan fingerprint density at radius 3 is 2.53 bits per heavy atom. The first-order chi connectivity index (χ1) is 7.74. The van der Waals surface area contributed by atoms with E-state index in [1.807, 2.05) is 0 Å². The first-order valence-corrected chi connectivity index (χ1v) is 8.29. The number of alkyl halides is 2. The van der Waals surface area contributed by atoms with E-state index < -0.39 is 23.4 Å². The highest BCUT2D eigenvalue weighted by Crippen LogP contribution is 2.45. The highest BCUT2D eigenvalue weighted by molar-refractivity contribution is 14.1. The number of benzene rings is 1. The van der Waals surface area contributed by atoms with Crippen molar-refractivity contribution in [1.82, 2.24) is 0 Å². The molecule has 96 valence electrons. The summed E-state index contributed by atoms with van der Waals surface area (Å²) in [5.41, 5.74) is -0.0456. The molecule has 0 amide bonds. The summed E-state index contributed by atoms with van der Waals surface area (Å²) in [6.07, 6.45) is -1.48. The van der Waals surface area contributed by atoms with Gasteiger partial charge >= 0.3 is 0 Å². The van der Waals surface area contributed by atoms with Crippen LogP contribution >= 0.6 is 38.5 Å². The van der Waals surface area contributed by atoms with Crippen LogP contribution < -0.4 is 0 Å². The zero-order chi connectivity index (χ0) is 13.3. The fourth-order valence-corrected chi connectivity index (χ4v) is 4.30. The molecule has 0 saturated heterocycles. The number of halogens is 3. The normalized spacial score (nSPS) is 17.5. The van der Waals surface area contributed by atoms with Crippen molar-refractivity contribution in [3.05, 3.63) is 35.6 Å². The van der Waals surface area contributed by atoms with Crippen molar-refractivity contribution in [3.63, 3.8) is 0 Å². The molecule has 0 fully saturated rings. The molecule has 7 heteroatoms. The summed E-state index contributed by atoms with van der Waals surface area (Å²) in [6.45, 7) is 1.47. The van der Waals surface area contributed by atoms with Gasteiger partial charge < -0.3 is 5.11 Å². The van der Waals surface area contributed by atoms with Gasteiger partial charge in [-0.1, -0.05) is 41.1 Å². The molecule has 0 aromatic heterocycles. The lowest BCUT2D eigenvalue weighted by molar-refractivity contribution is 0.186. The lowest BCUT2D eigenvalue weighted by Gasteiger charge is -2.26. The third kappa shape index (κ3) is 2.99. The van der Waals surface area contributed by atoms with E-state index in [1.54, 1.807) is 28.7 Å². The molecule has 0 heterocycles. The third-order valence-corrected chi connectivity index (χ3v) is 8.64. The Balaban J connectivity index is 3.23. The standard InChI is InChI=1S/C10H11BrFIO3S/c1-2-17(15,16)10(11,13)9(14)7-5-3-4-6-8(7)12/h3-6,9,14H,2H2,1H3/t9-,10+/m0/s1. The van der Waals surface area contributed by atoms with Gasteiger partial charge in [0.2, 0.25) is 1.66 Å². The molecule has 1 aromatic rings. The minimum absolute atomic E-state index is 0.0456. The molecule has 17 heavy (non-hydrogen) atoms. The van der Waals surface area contributed by atoms with Gasteiger partial charge in [-0.2, -0.15) is 0 Å². The van der Waals surface area contributed by atoms with E-state index in [-0.39, 0.29) is 11.3 Å². The molecule has 1 rings (SSSR count). The summed E-state index contributed by atoms with van der Waals surface area (Å²) in [6, 6.07) is 5.56. The Morgan fingerprint density at radius 1 is 1.53 bits per heavy atom. The average molecular weight is 437 g/mol. The fourth-order valence-electron chi connectivity index (χ4n) is 1.24. The maximum absolute atomic E-state index is 13.5. The molecule has 0 radical (unpaired) electrons. The Labute approximate surface area is 122 Å². The second kappa shape index (κ2) is 5.50. The highest BCUT2D eigenvalue weighted by Gasteiger charge is 2.45. The van der Waals surface area contributed by atoms with Crippen LogP contribution in [0.25, 0.3) is 0 Å². The summed E-state index contributed by atoms with van der Waals surface area (Å²) in [7, 11) is -3.58. The number of aliphatic hydroxyl groups excluding tert-OH is 1. The number of aliphatic hydroxyl groups is 1. The zero-order valence-electron chi connectivity index (χ0n) is 8.90. The monoisotopic (exact) mass is 436 g/mol. The van der Waals surface area contributed by atoms with E-state index in [4.69, 9.17) is 0 Å². The van der Waals surface area contributed by atoms with Crippen LogP contribution in [0, 0.1) is 5.82 Å². The highest BCUT2D eigenvalue weighted by atomic mass is 127. The van der Waals surface area contributed by atoms with Crippen LogP contribution in [-0.4, -0.2) is 20.9 Å². The zero-order valence-corrected chi connectivity index (χ0v) is 13.5. The molecular formula is C10H11BrFIO3S. The first-order valence-electron chi connectivity index (χ1n) is 4.76. The molecule has 0 spiro atoms.